The molecule has 0 aromatic heterocycles. The maximum absolute atomic E-state index is 12.1. The van der Waals surface area contributed by atoms with Crippen LogP contribution in [0.1, 0.15) is 26.2 Å². The lowest BCUT2D eigenvalue weighted by Crippen LogP contribution is -2.50. The topological polar surface area (TPSA) is 69.6 Å². The normalized spacial score (nSPS) is 32.3. The first kappa shape index (κ1) is 13.5. The van der Waals surface area contributed by atoms with Gasteiger partial charge < -0.3 is 15.3 Å². The molecule has 6 heteroatoms. The van der Waals surface area contributed by atoms with Crippen molar-refractivity contribution in [3.05, 3.63) is 0 Å². The number of hydrogen-bond acceptors (Lipinski definition) is 3. The van der Waals surface area contributed by atoms with Crippen molar-refractivity contribution in [2.24, 2.45) is 5.92 Å². The van der Waals surface area contributed by atoms with Gasteiger partial charge in [0.2, 0.25) is 0 Å². The van der Waals surface area contributed by atoms with Gasteiger partial charge in [0.25, 0.3) is 0 Å². The van der Waals surface area contributed by atoms with Crippen LogP contribution >= 0.6 is 11.8 Å². The van der Waals surface area contributed by atoms with Crippen molar-refractivity contribution in [2.75, 3.05) is 18.8 Å². The molecular weight excluding hydrogens is 252 g/mol. The molecule has 0 aromatic rings. The molecule has 1 heterocycles. The Hall–Kier alpha value is -0.910. The van der Waals surface area contributed by atoms with E-state index in [1.54, 1.807) is 4.90 Å². The quantitative estimate of drug-likeness (QED) is 0.797. The number of hydrogen-bond donors (Lipinski definition) is 2. The fourth-order valence-electron chi connectivity index (χ4n) is 2.68. The molecule has 1 saturated heterocycles. The maximum atomic E-state index is 12.1. The van der Waals surface area contributed by atoms with E-state index in [1.165, 1.54) is 0 Å². The number of thioether (sulfide) groups is 1. The zero-order valence-corrected chi connectivity index (χ0v) is 11.4. The summed E-state index contributed by atoms with van der Waals surface area (Å²) in [5, 5.41) is 12.4. The maximum Gasteiger partial charge on any atom is 0.317 e. The second-order valence-corrected chi connectivity index (χ2v) is 6.61. The Kier molecular flexibility index (Phi) is 4.37. The SMILES string of the molecule is CC1CN(C(=O)NC2CCCC2C(=O)O)CCS1. The molecule has 0 spiro atoms. The number of carboxylic acids is 1. The summed E-state index contributed by atoms with van der Waals surface area (Å²) in [4.78, 5) is 24.9. The summed E-state index contributed by atoms with van der Waals surface area (Å²) in [6, 6.07) is -0.291. The highest BCUT2D eigenvalue weighted by Gasteiger charge is 2.35. The van der Waals surface area contributed by atoms with Crippen LogP contribution in [0.2, 0.25) is 0 Å². The molecule has 18 heavy (non-hydrogen) atoms. The second kappa shape index (κ2) is 5.82. The van der Waals surface area contributed by atoms with Gasteiger partial charge in [0.1, 0.15) is 0 Å². The summed E-state index contributed by atoms with van der Waals surface area (Å²) >= 11 is 1.87. The molecule has 2 amide bonds. The van der Waals surface area contributed by atoms with Gasteiger partial charge in [0.05, 0.1) is 5.92 Å². The fraction of sp³-hybridized carbons (Fsp3) is 0.833. The van der Waals surface area contributed by atoms with Crippen LogP contribution in [0.4, 0.5) is 4.79 Å². The number of nitrogens with zero attached hydrogens (tertiary/aromatic N) is 1. The number of urea groups is 1. The molecule has 3 unspecified atom stereocenters. The van der Waals surface area contributed by atoms with Crippen LogP contribution in [0.5, 0.6) is 0 Å². The number of carboxylic acid groups (broad SMARTS) is 1. The van der Waals surface area contributed by atoms with E-state index < -0.39 is 11.9 Å². The van der Waals surface area contributed by atoms with E-state index in [1.807, 2.05) is 11.8 Å². The van der Waals surface area contributed by atoms with E-state index >= 15 is 0 Å². The molecule has 5 nitrogen and oxygen atoms in total. The average Bonchev–Trinajstić information content (AvgIpc) is 2.77. The molecule has 0 radical (unpaired) electrons. The molecule has 3 atom stereocenters. The second-order valence-electron chi connectivity index (χ2n) is 5.06. The lowest BCUT2D eigenvalue weighted by Gasteiger charge is -2.32. The van der Waals surface area contributed by atoms with E-state index in [9.17, 15) is 9.59 Å². The highest BCUT2D eigenvalue weighted by molar-refractivity contribution is 7.99. The van der Waals surface area contributed by atoms with Crippen LogP contribution in [-0.4, -0.2) is 52.1 Å². The lowest BCUT2D eigenvalue weighted by atomic mass is 10.0. The smallest absolute Gasteiger partial charge is 0.317 e. The van der Waals surface area contributed by atoms with Gasteiger partial charge in [-0.15, -0.1) is 0 Å². The molecule has 0 bridgehead atoms. The Morgan fingerprint density at radius 2 is 2.17 bits per heavy atom. The fourth-order valence-corrected chi connectivity index (χ4v) is 3.69. The van der Waals surface area contributed by atoms with Crippen LogP contribution in [0.3, 0.4) is 0 Å². The zero-order chi connectivity index (χ0) is 13.1. The minimum absolute atomic E-state index is 0.0969. The van der Waals surface area contributed by atoms with E-state index in [4.69, 9.17) is 5.11 Å². The van der Waals surface area contributed by atoms with Crippen molar-refractivity contribution in [2.45, 2.75) is 37.5 Å². The van der Waals surface area contributed by atoms with Crippen LogP contribution in [-0.2, 0) is 4.79 Å². The Balaban J connectivity index is 1.88. The van der Waals surface area contributed by atoms with Crippen molar-refractivity contribution in [3.8, 4) is 0 Å². The Bertz CT molecular complexity index is 337. The standard InChI is InChI=1S/C12H20N2O3S/c1-8-7-14(5-6-18-8)12(17)13-10-4-2-3-9(10)11(15)16/h8-10H,2-7H2,1H3,(H,13,17)(H,15,16). The van der Waals surface area contributed by atoms with Crippen molar-refractivity contribution in [1.82, 2.24) is 10.2 Å². The molecule has 2 aliphatic rings. The number of carbonyl (C=O) groups is 2. The van der Waals surface area contributed by atoms with E-state index in [2.05, 4.69) is 12.2 Å². The van der Waals surface area contributed by atoms with Gasteiger partial charge in [-0.2, -0.15) is 11.8 Å². The molecule has 2 N–H and O–H groups in total. The van der Waals surface area contributed by atoms with E-state index in [0.29, 0.717) is 11.7 Å². The van der Waals surface area contributed by atoms with Crippen molar-refractivity contribution in [3.63, 3.8) is 0 Å². The summed E-state index contributed by atoms with van der Waals surface area (Å²) in [5.74, 6) is -0.243. The molecule has 2 fully saturated rings. The molecule has 1 aliphatic carbocycles. The van der Waals surface area contributed by atoms with E-state index in [0.717, 1.165) is 31.7 Å². The van der Waals surface area contributed by atoms with Crippen LogP contribution in [0, 0.1) is 5.92 Å². The number of rotatable bonds is 2. The van der Waals surface area contributed by atoms with Crippen LogP contribution < -0.4 is 5.32 Å². The predicted molar refractivity (Wildman–Crippen MR) is 70.8 cm³/mol. The first-order valence-corrected chi connectivity index (χ1v) is 7.52. The summed E-state index contributed by atoms with van der Waals surface area (Å²) in [5.41, 5.74) is 0. The third kappa shape index (κ3) is 3.10. The molecule has 1 aliphatic heterocycles. The highest BCUT2D eigenvalue weighted by Crippen LogP contribution is 2.26. The first-order chi connectivity index (χ1) is 8.58. The van der Waals surface area contributed by atoms with Gasteiger partial charge in [-0.3, -0.25) is 4.79 Å². The summed E-state index contributed by atoms with van der Waals surface area (Å²) in [7, 11) is 0. The predicted octanol–water partition coefficient (Wildman–Crippen LogP) is 1.39. The average molecular weight is 272 g/mol. The third-order valence-electron chi connectivity index (χ3n) is 3.67. The van der Waals surface area contributed by atoms with Gasteiger partial charge in [0, 0.05) is 30.1 Å². The van der Waals surface area contributed by atoms with Gasteiger partial charge in [-0.05, 0) is 12.8 Å². The molecule has 0 aromatic carbocycles. The van der Waals surface area contributed by atoms with Crippen molar-refractivity contribution in [1.29, 1.82) is 0 Å². The summed E-state index contributed by atoms with van der Waals surface area (Å²) in [6.45, 7) is 3.62. The third-order valence-corrected chi connectivity index (χ3v) is 4.81. The number of carbonyl (C=O) groups excluding carboxylic acids is 1. The molecule has 102 valence electrons. The number of amides is 2. The number of nitrogens with one attached hydrogen (secondary N) is 1. The Morgan fingerprint density at radius 3 is 2.83 bits per heavy atom. The van der Waals surface area contributed by atoms with Gasteiger partial charge in [-0.1, -0.05) is 13.3 Å². The minimum atomic E-state index is -0.791. The van der Waals surface area contributed by atoms with Gasteiger partial charge in [0.15, 0.2) is 0 Å². The van der Waals surface area contributed by atoms with Crippen molar-refractivity contribution >= 4 is 23.8 Å². The highest BCUT2D eigenvalue weighted by atomic mass is 32.2. The first-order valence-electron chi connectivity index (χ1n) is 6.48. The molecule has 2 rings (SSSR count). The van der Waals surface area contributed by atoms with Crippen molar-refractivity contribution < 1.29 is 14.7 Å². The van der Waals surface area contributed by atoms with Gasteiger partial charge in [-0.25, -0.2) is 4.79 Å². The Labute approximate surface area is 111 Å². The lowest BCUT2D eigenvalue weighted by molar-refractivity contribution is -0.142. The molecule has 1 saturated carbocycles. The number of aliphatic carboxylic acids is 1. The minimum Gasteiger partial charge on any atom is -0.481 e. The monoisotopic (exact) mass is 272 g/mol. The van der Waals surface area contributed by atoms with E-state index in [-0.39, 0.29) is 12.1 Å². The molecular formula is C12H20N2O3S. The summed E-state index contributed by atoms with van der Waals surface area (Å²) in [6.07, 6.45) is 2.33. The largest absolute Gasteiger partial charge is 0.481 e. The van der Waals surface area contributed by atoms with Gasteiger partial charge >= 0.3 is 12.0 Å². The van der Waals surface area contributed by atoms with Crippen LogP contribution in [0.15, 0.2) is 0 Å². The summed E-state index contributed by atoms with van der Waals surface area (Å²) < 4.78 is 0. The Morgan fingerprint density at radius 1 is 1.39 bits per heavy atom. The van der Waals surface area contributed by atoms with Crippen LogP contribution in [0.25, 0.3) is 0 Å². The zero-order valence-electron chi connectivity index (χ0n) is 10.6.